The minimum absolute atomic E-state index is 0.123. The molecule has 1 unspecified atom stereocenters. The number of allylic oxidation sites excluding steroid dienone is 1. The lowest BCUT2D eigenvalue weighted by Gasteiger charge is -2.39. The number of benzene rings is 1. The van der Waals surface area contributed by atoms with Crippen molar-refractivity contribution in [1.82, 2.24) is 24.6 Å². The molecule has 3 N–H and O–H groups in total. The van der Waals surface area contributed by atoms with E-state index in [0.29, 0.717) is 34.5 Å². The van der Waals surface area contributed by atoms with Crippen LogP contribution in [0.1, 0.15) is 75.4 Å². The summed E-state index contributed by atoms with van der Waals surface area (Å²) in [6.07, 6.45) is 4.69. The summed E-state index contributed by atoms with van der Waals surface area (Å²) in [4.78, 5) is 32.7. The highest BCUT2D eigenvalue weighted by Crippen LogP contribution is 2.37. The van der Waals surface area contributed by atoms with Gasteiger partial charge in [-0.1, -0.05) is 42.3 Å². The molecule has 1 aliphatic carbocycles. The number of aliphatic carboxylic acids is 1. The first-order chi connectivity index (χ1) is 20.7. The van der Waals surface area contributed by atoms with Crippen molar-refractivity contribution in [2.75, 3.05) is 6.54 Å². The summed E-state index contributed by atoms with van der Waals surface area (Å²) in [6.45, 7) is 7.44. The molecular formula is C30H35Cl2F3N6O3. The molecular weight excluding hydrogens is 620 g/mol. The number of hydrogen-bond acceptors (Lipinski definition) is 6. The first-order valence-electron chi connectivity index (χ1n) is 14.4. The van der Waals surface area contributed by atoms with Crippen LogP contribution in [-0.4, -0.2) is 66.4 Å². The number of carboxylic acids is 1. The van der Waals surface area contributed by atoms with Gasteiger partial charge >= 0.3 is 12.1 Å². The number of nitrogens with zero attached hydrogens (tertiary/aromatic N) is 5. The summed E-state index contributed by atoms with van der Waals surface area (Å²) in [5.41, 5.74) is 10.9. The van der Waals surface area contributed by atoms with E-state index in [4.69, 9.17) is 53.9 Å². The van der Waals surface area contributed by atoms with Gasteiger partial charge in [-0.15, -0.1) is 0 Å². The van der Waals surface area contributed by atoms with Crippen LogP contribution >= 0.6 is 23.2 Å². The fourth-order valence-electron chi connectivity index (χ4n) is 6.09. The lowest BCUT2D eigenvalue weighted by Crippen LogP contribution is -2.44. The first kappa shape index (κ1) is 33.7. The fraction of sp³-hybridized carbons (Fsp3) is 0.500. The van der Waals surface area contributed by atoms with E-state index in [-0.39, 0.29) is 11.9 Å². The van der Waals surface area contributed by atoms with Gasteiger partial charge in [0.05, 0.1) is 23.6 Å². The predicted molar refractivity (Wildman–Crippen MR) is 162 cm³/mol. The maximum absolute atomic E-state index is 11.3. The number of carbonyl (C=O) groups excluding carboxylic acids is 1. The summed E-state index contributed by atoms with van der Waals surface area (Å²) in [7, 11) is 0. The van der Waals surface area contributed by atoms with E-state index in [0.717, 1.165) is 60.3 Å². The molecule has 0 spiro atoms. The largest absolute Gasteiger partial charge is 0.490 e. The molecule has 238 valence electrons. The zero-order chi connectivity index (χ0) is 32.3. The van der Waals surface area contributed by atoms with E-state index in [1.165, 1.54) is 12.0 Å². The number of carboxylic acid groups (broad SMARTS) is 1. The van der Waals surface area contributed by atoms with E-state index in [9.17, 15) is 18.0 Å². The highest BCUT2D eigenvalue weighted by atomic mass is 35.5. The summed E-state index contributed by atoms with van der Waals surface area (Å²) in [5.74, 6) is -2.49. The average molecular weight is 656 g/mol. The second-order valence-corrected chi connectivity index (χ2v) is 12.2. The van der Waals surface area contributed by atoms with E-state index >= 15 is 0 Å². The molecule has 9 nitrogen and oxygen atoms in total. The van der Waals surface area contributed by atoms with Gasteiger partial charge in [-0.25, -0.2) is 19.4 Å². The van der Waals surface area contributed by atoms with E-state index in [1.54, 1.807) is 6.07 Å². The van der Waals surface area contributed by atoms with Gasteiger partial charge in [0.15, 0.2) is 5.65 Å². The lowest BCUT2D eigenvalue weighted by atomic mass is 9.83. The van der Waals surface area contributed by atoms with Crippen molar-refractivity contribution in [2.24, 2.45) is 11.7 Å². The first-order valence-corrected chi connectivity index (χ1v) is 15.1. The second-order valence-electron chi connectivity index (χ2n) is 11.4. The van der Waals surface area contributed by atoms with Gasteiger partial charge in [0.1, 0.15) is 5.52 Å². The number of alkyl halides is 3. The second kappa shape index (κ2) is 13.8. The Morgan fingerprint density at radius 1 is 1.25 bits per heavy atom. The van der Waals surface area contributed by atoms with Crippen molar-refractivity contribution in [3.8, 4) is 0 Å². The Labute approximate surface area is 263 Å². The molecule has 0 bridgehead atoms. The van der Waals surface area contributed by atoms with Gasteiger partial charge in [0, 0.05) is 28.5 Å². The van der Waals surface area contributed by atoms with Crippen molar-refractivity contribution in [2.45, 2.75) is 83.6 Å². The third kappa shape index (κ3) is 7.70. The molecule has 1 aromatic carbocycles. The Kier molecular flexibility index (Phi) is 10.6. The molecule has 4 atom stereocenters. The quantitative estimate of drug-likeness (QED) is 0.294. The lowest BCUT2D eigenvalue weighted by molar-refractivity contribution is -0.192. The SMILES string of the molecule is Cc1nn([C@H](C)c2ccc(Cl)cc2Cl)c2nc(C3=CC[C@H](N4CCCC4CCC(N)=O)[C@H](C)C3)cnc12.O=C(O)C(F)(F)F. The van der Waals surface area contributed by atoms with Crippen molar-refractivity contribution in [3.05, 3.63) is 57.5 Å². The van der Waals surface area contributed by atoms with Gasteiger partial charge in [-0.3, -0.25) is 9.69 Å². The van der Waals surface area contributed by atoms with Crippen LogP contribution in [0.4, 0.5) is 13.2 Å². The molecule has 0 radical (unpaired) electrons. The molecule has 44 heavy (non-hydrogen) atoms. The highest BCUT2D eigenvalue weighted by molar-refractivity contribution is 6.35. The molecule has 3 heterocycles. The van der Waals surface area contributed by atoms with Crippen LogP contribution in [0.2, 0.25) is 10.0 Å². The molecule has 14 heteroatoms. The van der Waals surface area contributed by atoms with Crippen LogP contribution < -0.4 is 5.73 Å². The number of aromatic nitrogens is 4. The third-order valence-corrected chi connectivity index (χ3v) is 8.86. The summed E-state index contributed by atoms with van der Waals surface area (Å²) in [6, 6.07) is 6.34. The molecule has 2 aromatic heterocycles. The van der Waals surface area contributed by atoms with Crippen molar-refractivity contribution >= 4 is 51.8 Å². The Morgan fingerprint density at radius 3 is 2.57 bits per heavy atom. The van der Waals surface area contributed by atoms with Crippen LogP contribution in [0, 0.1) is 12.8 Å². The number of aryl methyl sites for hydroxylation is 1. The van der Waals surface area contributed by atoms with E-state index in [2.05, 4.69) is 24.8 Å². The number of amides is 1. The number of likely N-dealkylation sites (tertiary alicyclic amines) is 1. The maximum atomic E-state index is 11.3. The van der Waals surface area contributed by atoms with Gasteiger partial charge in [-0.2, -0.15) is 18.3 Å². The van der Waals surface area contributed by atoms with Gasteiger partial charge < -0.3 is 10.8 Å². The molecule has 1 aliphatic heterocycles. The predicted octanol–water partition coefficient (Wildman–Crippen LogP) is 6.60. The Bertz CT molecular complexity index is 1560. The Morgan fingerprint density at radius 2 is 1.95 bits per heavy atom. The number of primary amides is 1. The fourth-order valence-corrected chi connectivity index (χ4v) is 6.66. The van der Waals surface area contributed by atoms with Crippen molar-refractivity contribution in [1.29, 1.82) is 0 Å². The highest BCUT2D eigenvalue weighted by Gasteiger charge is 2.38. The van der Waals surface area contributed by atoms with Crippen LogP contribution in [0.5, 0.6) is 0 Å². The molecule has 5 rings (SSSR count). The minimum atomic E-state index is -5.08. The number of nitrogens with two attached hydrogens (primary N) is 1. The van der Waals surface area contributed by atoms with Crippen LogP contribution in [-0.2, 0) is 9.59 Å². The van der Waals surface area contributed by atoms with Crippen LogP contribution in [0.25, 0.3) is 16.7 Å². The number of fused-ring (bicyclic) bond motifs is 1. The standard InChI is InChI=1S/C28H34Cl2N6O.C2HF3O2/c1-16-13-19(6-10-25(16)35-12-4-5-21(35)8-11-26(31)37)24-15-32-27-17(2)34-36(28(27)33-24)18(3)22-9-7-20(29)14-23(22)30;3-2(4,5)1(6)7/h6-7,9,14-16,18,21,25H,4-5,8,10-13H2,1-3H3,(H2,31,37);(H,6,7)/t16-,18-,21?,25+;/m1./s1. The topological polar surface area (TPSA) is 127 Å². The average Bonchev–Trinajstić information content (AvgIpc) is 3.55. The van der Waals surface area contributed by atoms with Crippen molar-refractivity contribution < 1.29 is 27.9 Å². The minimum Gasteiger partial charge on any atom is -0.475 e. The van der Waals surface area contributed by atoms with E-state index in [1.807, 2.05) is 29.9 Å². The Hall–Kier alpha value is -3.22. The normalized spacial score (nSPS) is 21.5. The maximum Gasteiger partial charge on any atom is 0.490 e. The zero-order valence-electron chi connectivity index (χ0n) is 24.6. The van der Waals surface area contributed by atoms with Gasteiger partial charge in [-0.05, 0) is 81.7 Å². The molecule has 1 saturated heterocycles. The third-order valence-electron chi connectivity index (χ3n) is 8.30. The van der Waals surface area contributed by atoms with Gasteiger partial charge in [0.2, 0.25) is 5.91 Å². The smallest absolute Gasteiger partial charge is 0.475 e. The molecule has 2 aliphatic rings. The number of carbonyl (C=O) groups is 2. The number of rotatable bonds is 7. The molecule has 3 aromatic rings. The van der Waals surface area contributed by atoms with Crippen molar-refractivity contribution in [3.63, 3.8) is 0 Å². The monoisotopic (exact) mass is 654 g/mol. The molecule has 0 saturated carbocycles. The number of hydrogen-bond donors (Lipinski definition) is 2. The summed E-state index contributed by atoms with van der Waals surface area (Å²) in [5, 5.41) is 13.1. The summed E-state index contributed by atoms with van der Waals surface area (Å²) < 4.78 is 33.7. The summed E-state index contributed by atoms with van der Waals surface area (Å²) >= 11 is 12.6. The molecule has 1 amide bonds. The van der Waals surface area contributed by atoms with Crippen LogP contribution in [0.15, 0.2) is 30.5 Å². The molecule has 1 fully saturated rings. The Balaban J connectivity index is 0.000000566. The van der Waals surface area contributed by atoms with Crippen LogP contribution in [0.3, 0.4) is 0 Å². The zero-order valence-corrected chi connectivity index (χ0v) is 26.1. The van der Waals surface area contributed by atoms with E-state index < -0.39 is 12.1 Å². The number of halogens is 5. The van der Waals surface area contributed by atoms with Gasteiger partial charge in [0.25, 0.3) is 0 Å².